The molecule has 0 spiro atoms. The number of carboxylic acids is 1. The molecule has 2 aromatic carbocycles. The first kappa shape index (κ1) is 21.5. The Balaban J connectivity index is 1.68. The van der Waals surface area contributed by atoms with Crippen molar-refractivity contribution in [3.05, 3.63) is 53.6 Å². The fourth-order valence-corrected chi connectivity index (χ4v) is 4.62. The Hall–Kier alpha value is -2.77. The number of fused-ring (bicyclic) bond motifs is 1. The average molecular weight is 427 g/mol. The first-order valence-electron chi connectivity index (χ1n) is 10.7. The van der Waals surface area contributed by atoms with Crippen molar-refractivity contribution >= 4 is 5.97 Å². The molecule has 3 atom stereocenters. The lowest BCUT2D eigenvalue weighted by Crippen LogP contribution is -2.47. The molecule has 2 aromatic rings. The largest absolute Gasteiger partial charge is 0.497 e. The van der Waals surface area contributed by atoms with Crippen molar-refractivity contribution in [1.82, 2.24) is 4.90 Å². The van der Waals surface area contributed by atoms with Gasteiger partial charge < -0.3 is 24.1 Å². The molecule has 166 valence electrons. The number of rotatable bonds is 8. The summed E-state index contributed by atoms with van der Waals surface area (Å²) in [7, 11) is 1.63. The van der Waals surface area contributed by atoms with Crippen molar-refractivity contribution in [1.29, 1.82) is 0 Å². The van der Waals surface area contributed by atoms with Gasteiger partial charge in [0.2, 0.25) is 6.79 Å². The second-order valence-corrected chi connectivity index (χ2v) is 7.92. The lowest BCUT2D eigenvalue weighted by molar-refractivity contribution is -0.145. The van der Waals surface area contributed by atoms with Gasteiger partial charge in [-0.3, -0.25) is 9.69 Å². The van der Waals surface area contributed by atoms with Crippen molar-refractivity contribution in [2.75, 3.05) is 46.8 Å². The van der Waals surface area contributed by atoms with Gasteiger partial charge in [0, 0.05) is 38.1 Å². The Morgan fingerprint density at radius 2 is 1.74 bits per heavy atom. The van der Waals surface area contributed by atoms with Gasteiger partial charge in [0.25, 0.3) is 0 Å². The van der Waals surface area contributed by atoms with E-state index < -0.39 is 11.9 Å². The number of hydrogen-bond donors (Lipinski definition) is 1. The zero-order valence-corrected chi connectivity index (χ0v) is 18.0. The van der Waals surface area contributed by atoms with Crippen LogP contribution in [0, 0.1) is 5.92 Å². The molecule has 0 unspecified atom stereocenters. The number of nitrogens with zero attached hydrogens (tertiary/aromatic N) is 1. The molecule has 4 rings (SSSR count). The highest BCUT2D eigenvalue weighted by Crippen LogP contribution is 2.44. The molecule has 0 bridgehead atoms. The first-order chi connectivity index (χ1) is 15.1. The van der Waals surface area contributed by atoms with Gasteiger partial charge in [-0.1, -0.05) is 18.2 Å². The summed E-state index contributed by atoms with van der Waals surface area (Å²) in [5.41, 5.74) is 1.95. The molecule has 1 saturated heterocycles. The van der Waals surface area contributed by atoms with Crippen LogP contribution in [0.4, 0.5) is 0 Å². The summed E-state index contributed by atoms with van der Waals surface area (Å²) >= 11 is 0. The summed E-state index contributed by atoms with van der Waals surface area (Å²) in [5, 5.41) is 10.3. The number of likely N-dealkylation sites (tertiary alicyclic amines) is 1. The molecule has 2 heterocycles. The number of carboxylic acid groups (broad SMARTS) is 1. The Morgan fingerprint density at radius 1 is 1.06 bits per heavy atom. The van der Waals surface area contributed by atoms with E-state index in [1.54, 1.807) is 7.11 Å². The van der Waals surface area contributed by atoms with Crippen LogP contribution >= 0.6 is 0 Å². The maximum atomic E-state index is 12.5. The molecule has 0 aromatic heterocycles. The lowest BCUT2D eigenvalue weighted by Gasteiger charge is -2.42. The Bertz CT molecular complexity index is 899. The molecule has 0 radical (unpaired) electrons. The van der Waals surface area contributed by atoms with Gasteiger partial charge in [0.1, 0.15) is 5.75 Å². The topological polar surface area (TPSA) is 77.5 Å². The fraction of sp³-hybridized carbons (Fsp3) is 0.458. The minimum Gasteiger partial charge on any atom is -0.497 e. The van der Waals surface area contributed by atoms with Crippen LogP contribution in [-0.4, -0.2) is 62.7 Å². The van der Waals surface area contributed by atoms with Crippen LogP contribution in [0.2, 0.25) is 0 Å². The van der Waals surface area contributed by atoms with E-state index in [2.05, 4.69) is 4.90 Å². The van der Waals surface area contributed by atoms with Crippen LogP contribution in [0.25, 0.3) is 0 Å². The predicted molar refractivity (Wildman–Crippen MR) is 115 cm³/mol. The van der Waals surface area contributed by atoms with E-state index in [9.17, 15) is 9.90 Å². The molecular weight excluding hydrogens is 398 g/mol. The number of carbonyl (C=O) groups is 1. The molecule has 0 amide bonds. The number of hydrogen-bond acceptors (Lipinski definition) is 6. The van der Waals surface area contributed by atoms with Crippen molar-refractivity contribution in [2.45, 2.75) is 18.8 Å². The van der Waals surface area contributed by atoms with Crippen LogP contribution in [-0.2, 0) is 9.53 Å². The number of piperidine rings is 1. The third kappa shape index (κ3) is 4.62. The molecule has 7 nitrogen and oxygen atoms in total. The average Bonchev–Trinajstić information content (AvgIpc) is 3.26. The van der Waals surface area contributed by atoms with Crippen LogP contribution in [0.5, 0.6) is 17.2 Å². The summed E-state index contributed by atoms with van der Waals surface area (Å²) in [6, 6.07) is 13.5. The van der Waals surface area contributed by atoms with Gasteiger partial charge in [0.05, 0.1) is 19.6 Å². The minimum atomic E-state index is -0.784. The van der Waals surface area contributed by atoms with Gasteiger partial charge in [-0.2, -0.15) is 0 Å². The molecule has 31 heavy (non-hydrogen) atoms. The minimum absolute atomic E-state index is 0.158. The first-order valence-corrected chi connectivity index (χ1v) is 10.7. The predicted octanol–water partition coefficient (Wildman–Crippen LogP) is 3.34. The second kappa shape index (κ2) is 9.58. The Morgan fingerprint density at radius 3 is 2.42 bits per heavy atom. The Kier molecular flexibility index (Phi) is 6.63. The van der Waals surface area contributed by atoms with Gasteiger partial charge in [-0.05, 0) is 42.3 Å². The zero-order valence-electron chi connectivity index (χ0n) is 18.0. The van der Waals surface area contributed by atoms with Crippen LogP contribution in [0.1, 0.15) is 29.9 Å². The third-order valence-electron chi connectivity index (χ3n) is 6.19. The van der Waals surface area contributed by atoms with Gasteiger partial charge in [0.15, 0.2) is 11.5 Å². The summed E-state index contributed by atoms with van der Waals surface area (Å²) in [6.45, 7) is 5.53. The molecule has 1 fully saturated rings. The molecular formula is C24H29NO6. The zero-order chi connectivity index (χ0) is 21.8. The number of ether oxygens (including phenoxy) is 4. The highest BCUT2D eigenvalue weighted by Gasteiger charge is 2.43. The summed E-state index contributed by atoms with van der Waals surface area (Å²) in [6.07, 6.45) is 0. The standard InChI is InChI=1S/C24H29NO6/c1-3-29-11-10-25-13-19(16-4-7-18(28-2)8-5-16)23(24(26)27)20(14-25)17-6-9-21-22(12-17)31-15-30-21/h4-9,12,19-20,23H,3,10-11,13-15H2,1-2H3,(H,26,27)/t19-,20-,23-/m1/s1. The molecule has 0 saturated carbocycles. The van der Waals surface area contributed by atoms with E-state index in [4.69, 9.17) is 18.9 Å². The smallest absolute Gasteiger partial charge is 0.307 e. The van der Waals surface area contributed by atoms with Crippen LogP contribution in [0.15, 0.2) is 42.5 Å². The molecule has 0 aliphatic carbocycles. The Labute approximate surface area is 182 Å². The SMILES string of the molecule is CCOCCN1C[C@H](c2ccc(OC)cc2)[C@@H](C(=O)O)[C@@H](c2ccc3c(c2)OCO3)C1. The van der Waals surface area contributed by atoms with Crippen LogP contribution < -0.4 is 14.2 Å². The summed E-state index contributed by atoms with van der Waals surface area (Å²) < 4.78 is 21.8. The van der Waals surface area contributed by atoms with Crippen molar-refractivity contribution < 1.29 is 28.8 Å². The van der Waals surface area contributed by atoms with Crippen molar-refractivity contribution in [2.24, 2.45) is 5.92 Å². The van der Waals surface area contributed by atoms with E-state index in [1.807, 2.05) is 49.4 Å². The van der Waals surface area contributed by atoms with Gasteiger partial charge in [-0.25, -0.2) is 0 Å². The number of benzene rings is 2. The third-order valence-corrected chi connectivity index (χ3v) is 6.19. The monoisotopic (exact) mass is 427 g/mol. The van der Waals surface area contributed by atoms with E-state index in [1.165, 1.54) is 0 Å². The van der Waals surface area contributed by atoms with Gasteiger partial charge >= 0.3 is 5.97 Å². The highest BCUT2D eigenvalue weighted by atomic mass is 16.7. The fourth-order valence-electron chi connectivity index (χ4n) is 4.62. The summed E-state index contributed by atoms with van der Waals surface area (Å²) in [4.78, 5) is 14.8. The molecule has 2 aliphatic heterocycles. The van der Waals surface area contributed by atoms with E-state index in [-0.39, 0.29) is 18.6 Å². The lowest BCUT2D eigenvalue weighted by atomic mass is 9.71. The van der Waals surface area contributed by atoms with Crippen LogP contribution in [0.3, 0.4) is 0 Å². The normalized spacial score (nSPS) is 23.0. The van der Waals surface area contributed by atoms with E-state index in [0.717, 1.165) is 23.4 Å². The van der Waals surface area contributed by atoms with E-state index >= 15 is 0 Å². The molecule has 1 N–H and O–H groups in total. The van der Waals surface area contributed by atoms with Gasteiger partial charge in [-0.15, -0.1) is 0 Å². The maximum absolute atomic E-state index is 12.5. The second-order valence-electron chi connectivity index (χ2n) is 7.92. The highest BCUT2D eigenvalue weighted by molar-refractivity contribution is 5.73. The maximum Gasteiger partial charge on any atom is 0.307 e. The van der Waals surface area contributed by atoms with Crippen molar-refractivity contribution in [3.8, 4) is 17.2 Å². The molecule has 7 heteroatoms. The van der Waals surface area contributed by atoms with Crippen molar-refractivity contribution in [3.63, 3.8) is 0 Å². The quantitative estimate of drug-likeness (QED) is 0.648. The van der Waals surface area contributed by atoms with E-state index in [0.29, 0.717) is 37.8 Å². The molecule has 2 aliphatic rings. The number of methoxy groups -OCH3 is 1. The summed E-state index contributed by atoms with van der Waals surface area (Å²) in [5.74, 6) is 0.445. The number of aliphatic carboxylic acids is 1.